The van der Waals surface area contributed by atoms with Crippen molar-refractivity contribution in [2.24, 2.45) is 5.92 Å². The van der Waals surface area contributed by atoms with Crippen molar-refractivity contribution in [2.45, 2.75) is 25.4 Å². The SMILES string of the molecule is C1CNCCC(C2COCCO2)C1. The van der Waals surface area contributed by atoms with Crippen LogP contribution in [0, 0.1) is 5.92 Å². The van der Waals surface area contributed by atoms with Crippen LogP contribution in [0.2, 0.25) is 0 Å². The maximum absolute atomic E-state index is 5.72. The molecular formula is C10H19NO2. The van der Waals surface area contributed by atoms with E-state index in [4.69, 9.17) is 9.47 Å². The van der Waals surface area contributed by atoms with E-state index in [1.807, 2.05) is 0 Å². The van der Waals surface area contributed by atoms with Gasteiger partial charge in [0.1, 0.15) is 0 Å². The Kier molecular flexibility index (Phi) is 3.58. The average Bonchev–Trinajstić information content (AvgIpc) is 2.47. The van der Waals surface area contributed by atoms with Crippen molar-refractivity contribution < 1.29 is 9.47 Å². The van der Waals surface area contributed by atoms with Gasteiger partial charge in [-0.3, -0.25) is 0 Å². The molecule has 2 fully saturated rings. The Morgan fingerprint density at radius 1 is 1.08 bits per heavy atom. The quantitative estimate of drug-likeness (QED) is 0.655. The third-order valence-corrected chi connectivity index (χ3v) is 2.99. The van der Waals surface area contributed by atoms with E-state index < -0.39 is 0 Å². The molecule has 3 nitrogen and oxygen atoms in total. The summed E-state index contributed by atoms with van der Waals surface area (Å²) in [5.74, 6) is 0.718. The maximum atomic E-state index is 5.72. The number of ether oxygens (including phenoxy) is 2. The first kappa shape index (κ1) is 9.44. The zero-order valence-corrected chi connectivity index (χ0v) is 8.13. The van der Waals surface area contributed by atoms with Crippen LogP contribution in [0.25, 0.3) is 0 Å². The highest BCUT2D eigenvalue weighted by Crippen LogP contribution is 2.22. The van der Waals surface area contributed by atoms with Gasteiger partial charge in [0.05, 0.1) is 25.9 Å². The smallest absolute Gasteiger partial charge is 0.0838 e. The largest absolute Gasteiger partial charge is 0.376 e. The van der Waals surface area contributed by atoms with Crippen LogP contribution in [-0.4, -0.2) is 39.0 Å². The third kappa shape index (κ3) is 2.66. The van der Waals surface area contributed by atoms with E-state index in [-0.39, 0.29) is 0 Å². The van der Waals surface area contributed by atoms with Gasteiger partial charge in [-0.05, 0) is 38.3 Å². The summed E-state index contributed by atoms with van der Waals surface area (Å²) in [6, 6.07) is 0. The van der Waals surface area contributed by atoms with Crippen molar-refractivity contribution in [3.8, 4) is 0 Å². The summed E-state index contributed by atoms with van der Waals surface area (Å²) in [5.41, 5.74) is 0. The third-order valence-electron chi connectivity index (χ3n) is 2.99. The molecule has 0 spiro atoms. The van der Waals surface area contributed by atoms with Crippen molar-refractivity contribution in [3.05, 3.63) is 0 Å². The molecule has 2 saturated heterocycles. The Hall–Kier alpha value is -0.120. The molecule has 0 aromatic carbocycles. The molecule has 0 saturated carbocycles. The molecule has 1 N–H and O–H groups in total. The molecule has 0 aromatic heterocycles. The minimum atomic E-state index is 0.369. The van der Waals surface area contributed by atoms with Gasteiger partial charge in [-0.1, -0.05) is 0 Å². The number of nitrogens with one attached hydrogen (secondary N) is 1. The van der Waals surface area contributed by atoms with Gasteiger partial charge in [0.15, 0.2) is 0 Å². The first-order valence-electron chi connectivity index (χ1n) is 5.37. The maximum Gasteiger partial charge on any atom is 0.0838 e. The molecule has 13 heavy (non-hydrogen) atoms. The lowest BCUT2D eigenvalue weighted by molar-refractivity contribution is -0.112. The van der Waals surface area contributed by atoms with Gasteiger partial charge in [0.2, 0.25) is 0 Å². The van der Waals surface area contributed by atoms with E-state index >= 15 is 0 Å². The predicted molar refractivity (Wildman–Crippen MR) is 50.8 cm³/mol. The summed E-state index contributed by atoms with van der Waals surface area (Å²) >= 11 is 0. The Bertz CT molecular complexity index is 138. The van der Waals surface area contributed by atoms with Crippen LogP contribution in [0.4, 0.5) is 0 Å². The topological polar surface area (TPSA) is 30.5 Å². The molecule has 0 amide bonds. The highest BCUT2D eigenvalue weighted by molar-refractivity contribution is 4.76. The fraction of sp³-hybridized carbons (Fsp3) is 1.00. The molecule has 2 atom stereocenters. The average molecular weight is 185 g/mol. The predicted octanol–water partition coefficient (Wildman–Crippen LogP) is 0.791. The van der Waals surface area contributed by atoms with Gasteiger partial charge in [-0.2, -0.15) is 0 Å². The Morgan fingerprint density at radius 3 is 2.92 bits per heavy atom. The summed E-state index contributed by atoms with van der Waals surface area (Å²) < 4.78 is 11.2. The second-order valence-electron chi connectivity index (χ2n) is 3.93. The van der Waals surface area contributed by atoms with E-state index in [9.17, 15) is 0 Å². The number of hydrogen-bond donors (Lipinski definition) is 1. The summed E-state index contributed by atoms with van der Waals surface area (Å²) in [6.45, 7) is 4.69. The van der Waals surface area contributed by atoms with Gasteiger partial charge < -0.3 is 14.8 Å². The van der Waals surface area contributed by atoms with Crippen LogP contribution in [0.5, 0.6) is 0 Å². The zero-order valence-electron chi connectivity index (χ0n) is 8.13. The Balaban J connectivity index is 1.82. The van der Waals surface area contributed by atoms with E-state index in [0.29, 0.717) is 6.10 Å². The number of rotatable bonds is 1. The summed E-state index contributed by atoms with van der Waals surface area (Å²) in [5, 5.41) is 3.42. The number of hydrogen-bond acceptors (Lipinski definition) is 3. The Morgan fingerprint density at radius 2 is 2.08 bits per heavy atom. The van der Waals surface area contributed by atoms with Crippen LogP contribution in [0.1, 0.15) is 19.3 Å². The van der Waals surface area contributed by atoms with Crippen LogP contribution in [0.15, 0.2) is 0 Å². The van der Waals surface area contributed by atoms with E-state index in [1.54, 1.807) is 0 Å². The molecular weight excluding hydrogens is 166 g/mol. The highest BCUT2D eigenvalue weighted by atomic mass is 16.6. The molecule has 0 aliphatic carbocycles. The molecule has 2 rings (SSSR count). The molecule has 0 radical (unpaired) electrons. The molecule has 76 valence electrons. The molecule has 3 heteroatoms. The van der Waals surface area contributed by atoms with Gasteiger partial charge in [-0.25, -0.2) is 0 Å². The lowest BCUT2D eigenvalue weighted by Gasteiger charge is -2.29. The normalized spacial score (nSPS) is 36.9. The lowest BCUT2D eigenvalue weighted by atomic mass is 9.94. The standard InChI is InChI=1S/C10H19NO2/c1-2-9(3-5-11-4-1)10-8-12-6-7-13-10/h9-11H,1-8H2. The van der Waals surface area contributed by atoms with Crippen LogP contribution < -0.4 is 5.32 Å². The fourth-order valence-electron chi connectivity index (χ4n) is 2.20. The molecule has 0 aromatic rings. The second-order valence-corrected chi connectivity index (χ2v) is 3.93. The first-order valence-corrected chi connectivity index (χ1v) is 5.37. The van der Waals surface area contributed by atoms with Crippen molar-refractivity contribution in [3.63, 3.8) is 0 Å². The van der Waals surface area contributed by atoms with Gasteiger partial charge in [-0.15, -0.1) is 0 Å². The highest BCUT2D eigenvalue weighted by Gasteiger charge is 2.25. The zero-order chi connectivity index (χ0) is 8.93. The van der Waals surface area contributed by atoms with Crippen molar-refractivity contribution >= 4 is 0 Å². The molecule has 2 aliphatic rings. The first-order chi connectivity index (χ1) is 6.47. The van der Waals surface area contributed by atoms with Crippen molar-refractivity contribution in [2.75, 3.05) is 32.9 Å². The van der Waals surface area contributed by atoms with E-state index in [0.717, 1.165) is 32.3 Å². The van der Waals surface area contributed by atoms with Gasteiger partial charge in [0, 0.05) is 0 Å². The molecule has 0 bridgehead atoms. The minimum Gasteiger partial charge on any atom is -0.376 e. The summed E-state index contributed by atoms with van der Waals surface area (Å²) in [4.78, 5) is 0. The van der Waals surface area contributed by atoms with Crippen LogP contribution in [-0.2, 0) is 9.47 Å². The second kappa shape index (κ2) is 4.94. The van der Waals surface area contributed by atoms with E-state index in [1.165, 1.54) is 25.8 Å². The lowest BCUT2D eigenvalue weighted by Crippen LogP contribution is -2.35. The monoisotopic (exact) mass is 185 g/mol. The van der Waals surface area contributed by atoms with Gasteiger partial charge >= 0.3 is 0 Å². The summed E-state index contributed by atoms with van der Waals surface area (Å²) in [6.07, 6.45) is 4.19. The molecule has 2 heterocycles. The van der Waals surface area contributed by atoms with Crippen LogP contribution in [0.3, 0.4) is 0 Å². The van der Waals surface area contributed by atoms with E-state index in [2.05, 4.69) is 5.32 Å². The summed E-state index contributed by atoms with van der Waals surface area (Å²) in [7, 11) is 0. The Labute approximate surface area is 79.8 Å². The van der Waals surface area contributed by atoms with Gasteiger partial charge in [0.25, 0.3) is 0 Å². The minimum absolute atomic E-state index is 0.369. The fourth-order valence-corrected chi connectivity index (χ4v) is 2.20. The van der Waals surface area contributed by atoms with Crippen molar-refractivity contribution in [1.82, 2.24) is 5.32 Å². The van der Waals surface area contributed by atoms with Crippen molar-refractivity contribution in [1.29, 1.82) is 0 Å². The molecule has 2 aliphatic heterocycles. The van der Waals surface area contributed by atoms with Crippen LogP contribution >= 0.6 is 0 Å². The molecule has 2 unspecified atom stereocenters.